The largest absolute Gasteiger partial charge is 0.339 e. The molecule has 4 rings (SSSR count). The number of piperidine rings is 1. The predicted molar refractivity (Wildman–Crippen MR) is 75.7 cm³/mol. The van der Waals surface area contributed by atoms with Crippen LogP contribution in [0.15, 0.2) is 28.8 Å². The van der Waals surface area contributed by atoms with Crippen LogP contribution in [-0.2, 0) is 12.8 Å². The summed E-state index contributed by atoms with van der Waals surface area (Å²) in [6, 6.07) is 8.62. The van der Waals surface area contributed by atoms with Crippen LogP contribution < -0.4 is 5.32 Å². The lowest BCUT2D eigenvalue weighted by Gasteiger charge is -2.19. The Hall–Kier alpha value is -1.68. The van der Waals surface area contributed by atoms with Gasteiger partial charge in [0.1, 0.15) is 0 Å². The van der Waals surface area contributed by atoms with E-state index in [-0.39, 0.29) is 0 Å². The molecule has 1 N–H and O–H groups in total. The van der Waals surface area contributed by atoms with E-state index >= 15 is 0 Å². The van der Waals surface area contributed by atoms with Gasteiger partial charge in [0.15, 0.2) is 5.82 Å². The zero-order valence-corrected chi connectivity index (χ0v) is 11.5. The molecule has 0 saturated carbocycles. The minimum atomic E-state index is 0.366. The quantitative estimate of drug-likeness (QED) is 0.909. The smallest absolute Gasteiger partial charge is 0.230 e. The number of fused-ring (bicyclic) bond motifs is 1. The van der Waals surface area contributed by atoms with Gasteiger partial charge in [0, 0.05) is 18.4 Å². The first-order valence-electron chi connectivity index (χ1n) is 7.51. The SMILES string of the molecule is c1ccc2c(c1)CC(c1nc(C3CCCNC3)no1)C2. The van der Waals surface area contributed by atoms with Crippen LogP contribution in [0.1, 0.15) is 47.5 Å². The predicted octanol–water partition coefficient (Wildman–Crippen LogP) is 2.42. The molecule has 2 heterocycles. The van der Waals surface area contributed by atoms with Gasteiger partial charge in [-0.25, -0.2) is 0 Å². The van der Waals surface area contributed by atoms with E-state index < -0.39 is 0 Å². The van der Waals surface area contributed by atoms with Crippen molar-refractivity contribution in [3.63, 3.8) is 0 Å². The summed E-state index contributed by atoms with van der Waals surface area (Å²) in [5.74, 6) is 2.50. The Bertz CT molecular complexity index is 576. The third-order valence-electron chi connectivity index (χ3n) is 4.52. The van der Waals surface area contributed by atoms with Crippen molar-refractivity contribution in [2.45, 2.75) is 37.5 Å². The molecule has 104 valence electrons. The van der Waals surface area contributed by atoms with E-state index in [1.54, 1.807) is 0 Å². The molecule has 4 nitrogen and oxygen atoms in total. The maximum absolute atomic E-state index is 5.54. The monoisotopic (exact) mass is 269 g/mol. The molecule has 1 aliphatic heterocycles. The highest BCUT2D eigenvalue weighted by atomic mass is 16.5. The first-order valence-corrected chi connectivity index (χ1v) is 7.51. The summed E-state index contributed by atoms with van der Waals surface area (Å²) in [6.07, 6.45) is 4.42. The van der Waals surface area contributed by atoms with Crippen molar-refractivity contribution in [1.82, 2.24) is 15.5 Å². The molecule has 1 aromatic heterocycles. The fraction of sp³-hybridized carbons (Fsp3) is 0.500. The van der Waals surface area contributed by atoms with Crippen LogP contribution in [0.5, 0.6) is 0 Å². The summed E-state index contributed by atoms with van der Waals surface area (Å²) in [7, 11) is 0. The average Bonchev–Trinajstić information content (AvgIpc) is 3.14. The summed E-state index contributed by atoms with van der Waals surface area (Å²) in [5, 5.41) is 7.63. The molecule has 1 unspecified atom stereocenters. The van der Waals surface area contributed by atoms with Gasteiger partial charge in [-0.05, 0) is 43.4 Å². The van der Waals surface area contributed by atoms with Gasteiger partial charge in [-0.15, -0.1) is 0 Å². The van der Waals surface area contributed by atoms with Gasteiger partial charge >= 0.3 is 0 Å². The Labute approximate surface area is 118 Å². The molecule has 0 amide bonds. The Morgan fingerprint density at radius 1 is 1.10 bits per heavy atom. The normalized spacial score (nSPS) is 22.9. The molecule has 2 aliphatic rings. The van der Waals surface area contributed by atoms with E-state index in [2.05, 4.69) is 39.7 Å². The Balaban J connectivity index is 1.52. The second-order valence-corrected chi connectivity index (χ2v) is 5.91. The van der Waals surface area contributed by atoms with E-state index in [0.717, 1.165) is 44.1 Å². The molecule has 1 aliphatic carbocycles. The standard InChI is InChI=1S/C16H19N3O/c1-2-5-12-9-14(8-11(12)4-1)16-18-15(19-20-16)13-6-3-7-17-10-13/h1-2,4-5,13-14,17H,3,6-10H2. The second kappa shape index (κ2) is 5.02. The van der Waals surface area contributed by atoms with Crippen LogP contribution in [0.2, 0.25) is 0 Å². The van der Waals surface area contributed by atoms with Gasteiger partial charge in [0.05, 0.1) is 0 Å². The molecular weight excluding hydrogens is 250 g/mol. The summed E-state index contributed by atoms with van der Waals surface area (Å²) < 4.78 is 5.54. The van der Waals surface area contributed by atoms with E-state index in [1.807, 2.05) is 0 Å². The van der Waals surface area contributed by atoms with E-state index in [0.29, 0.717) is 11.8 Å². The molecule has 4 heteroatoms. The third kappa shape index (κ3) is 2.14. The van der Waals surface area contributed by atoms with Crippen molar-refractivity contribution in [1.29, 1.82) is 0 Å². The zero-order chi connectivity index (χ0) is 13.4. The molecule has 1 saturated heterocycles. The molecule has 0 radical (unpaired) electrons. The highest BCUT2D eigenvalue weighted by Crippen LogP contribution is 2.33. The van der Waals surface area contributed by atoms with Gasteiger partial charge in [0.25, 0.3) is 0 Å². The van der Waals surface area contributed by atoms with Crippen molar-refractivity contribution in [3.8, 4) is 0 Å². The van der Waals surface area contributed by atoms with E-state index in [1.165, 1.54) is 17.5 Å². The molecule has 0 bridgehead atoms. The van der Waals surface area contributed by atoms with E-state index in [4.69, 9.17) is 4.52 Å². The molecule has 20 heavy (non-hydrogen) atoms. The van der Waals surface area contributed by atoms with Crippen LogP contribution >= 0.6 is 0 Å². The van der Waals surface area contributed by atoms with Crippen LogP contribution in [0.4, 0.5) is 0 Å². The number of hydrogen-bond acceptors (Lipinski definition) is 4. The molecule has 2 aromatic rings. The maximum atomic E-state index is 5.54. The number of aromatic nitrogens is 2. The highest BCUT2D eigenvalue weighted by Gasteiger charge is 2.28. The third-order valence-corrected chi connectivity index (χ3v) is 4.52. The van der Waals surface area contributed by atoms with Crippen LogP contribution in [0.25, 0.3) is 0 Å². The Morgan fingerprint density at radius 3 is 2.60 bits per heavy atom. The van der Waals surface area contributed by atoms with Crippen molar-refractivity contribution < 1.29 is 4.52 Å². The minimum absolute atomic E-state index is 0.366. The molecule has 1 aromatic carbocycles. The summed E-state index contributed by atoms with van der Waals surface area (Å²) in [5.41, 5.74) is 2.85. The Kier molecular flexibility index (Phi) is 3.03. The fourth-order valence-corrected chi connectivity index (χ4v) is 3.38. The van der Waals surface area contributed by atoms with Gasteiger partial charge in [-0.1, -0.05) is 29.4 Å². The van der Waals surface area contributed by atoms with Crippen LogP contribution in [0.3, 0.4) is 0 Å². The van der Waals surface area contributed by atoms with Gasteiger partial charge in [-0.2, -0.15) is 4.98 Å². The lowest BCUT2D eigenvalue weighted by molar-refractivity contribution is 0.344. The lowest BCUT2D eigenvalue weighted by atomic mass is 9.99. The summed E-state index contributed by atoms with van der Waals surface area (Å²) in [6.45, 7) is 2.09. The molecule has 1 atom stereocenters. The van der Waals surface area contributed by atoms with Gasteiger partial charge < -0.3 is 9.84 Å². The van der Waals surface area contributed by atoms with Crippen molar-refractivity contribution in [2.75, 3.05) is 13.1 Å². The lowest BCUT2D eigenvalue weighted by Crippen LogP contribution is -2.28. The minimum Gasteiger partial charge on any atom is -0.339 e. The Morgan fingerprint density at radius 2 is 1.90 bits per heavy atom. The van der Waals surface area contributed by atoms with Crippen molar-refractivity contribution >= 4 is 0 Å². The van der Waals surface area contributed by atoms with Crippen molar-refractivity contribution in [2.24, 2.45) is 0 Å². The van der Waals surface area contributed by atoms with Crippen molar-refractivity contribution in [3.05, 3.63) is 47.1 Å². The maximum Gasteiger partial charge on any atom is 0.230 e. The number of nitrogens with one attached hydrogen (secondary N) is 1. The topological polar surface area (TPSA) is 51.0 Å². The van der Waals surface area contributed by atoms with Crippen LogP contribution in [0, 0.1) is 0 Å². The molecule has 1 fully saturated rings. The first-order chi connectivity index (χ1) is 9.90. The average molecular weight is 269 g/mol. The van der Waals surface area contributed by atoms with E-state index in [9.17, 15) is 0 Å². The highest BCUT2D eigenvalue weighted by molar-refractivity contribution is 5.34. The molecule has 0 spiro atoms. The summed E-state index contributed by atoms with van der Waals surface area (Å²) >= 11 is 0. The number of benzene rings is 1. The number of rotatable bonds is 2. The van der Waals surface area contributed by atoms with Gasteiger partial charge in [-0.3, -0.25) is 0 Å². The number of hydrogen-bond donors (Lipinski definition) is 1. The number of nitrogens with zero attached hydrogens (tertiary/aromatic N) is 2. The second-order valence-electron chi connectivity index (χ2n) is 5.91. The zero-order valence-electron chi connectivity index (χ0n) is 11.5. The molecular formula is C16H19N3O. The summed E-state index contributed by atoms with van der Waals surface area (Å²) in [4.78, 5) is 4.68. The van der Waals surface area contributed by atoms with Crippen LogP contribution in [-0.4, -0.2) is 23.2 Å². The fourth-order valence-electron chi connectivity index (χ4n) is 3.38. The van der Waals surface area contributed by atoms with Gasteiger partial charge in [0.2, 0.25) is 5.89 Å². The first kappa shape index (κ1) is 12.1.